The lowest BCUT2D eigenvalue weighted by Crippen LogP contribution is -2.42. The van der Waals surface area contributed by atoms with E-state index in [-0.39, 0.29) is 117 Å². The van der Waals surface area contributed by atoms with E-state index in [0.717, 1.165) is 168 Å². The molecule has 0 bridgehead atoms. The molecule has 12 saturated carbocycles. The summed E-state index contributed by atoms with van der Waals surface area (Å²) in [5.41, 5.74) is -17.2. The molecular weight excluding hydrogens is 1850 g/mol. The number of Topliss-reactive ketones (excluding diaryl/α,β-unsaturated/α-hetero) is 1. The molecular formula is C126H222O21. The van der Waals surface area contributed by atoms with Gasteiger partial charge in [-0.2, -0.15) is 0 Å². The smallest absolute Gasteiger partial charge is 0.303 e. The molecule has 0 aliphatic heterocycles. The standard InChI is InChI=1S/C23H40O4.C21H38O3.C21H36O3.C21H38O3.C20H36O4.C20H34O4/c1-16-9-8-13-23(6)19(16)10-11-20(23)17(2)21(27-18(3)24)12-14-22(4,5)26-15-25-7;2*1-14-8-7-13-21(6)17(14)10-11-18(21)15(2)9-12-19(20(4,5)23)24-16(3)22;1-15-8-7-12-21(5)17(15)9-10-18(21)16(2)19(22)11-13-20(3,4)24-14-23-6;2*1-13(8-11-18(19(3,4)23)24-14(2)21)15-9-10-16-17(22)7-6-12-20(15,16)5/h12,14,16-17,19-21H,8-11,13,15H2,1-7H3;14-15,17-19,23H,7-13H2,1-6H3;9,12,14-15,17-19,23H,7-8,10-11,13H2,1-6H3;11,13,15-19,22H,7-10,12,14H2,1-6H3;13,15-18,22-23H,6-12H2,1-5H3;13,15-16,18,23H,6-12H2,1-5H3/b14-12+;;12-9+;13-11+;;/t16-,17-,19-,20+,21-,23-;2*14-,15+,17-,18+,19+,21-;15-,16-,17-,18+,19-,21-;13-,15-,16+,17+,18-,20-;13-,15-,16+,18-,20-/m000011/s1/i3*4D3,5D3;3*3D3,4D3. The van der Waals surface area contributed by atoms with Crippen LogP contribution in [0.2, 0.25) is 0 Å². The summed E-state index contributed by atoms with van der Waals surface area (Å²) in [4.78, 5) is 70.7. The lowest BCUT2D eigenvalue weighted by atomic mass is 9.59. The van der Waals surface area contributed by atoms with Gasteiger partial charge in [0.1, 0.15) is 49.9 Å². The predicted molar refractivity (Wildman–Crippen MR) is 590 cm³/mol. The second-order valence-electron chi connectivity index (χ2n) is 49.9. The summed E-state index contributed by atoms with van der Waals surface area (Å²) in [5, 5.41) is 64.6. The van der Waals surface area contributed by atoms with Crippen molar-refractivity contribution >= 4 is 35.6 Å². The predicted octanol–water partition coefficient (Wildman–Crippen LogP) is 27.4. The van der Waals surface area contributed by atoms with Crippen LogP contribution in [0.3, 0.4) is 0 Å². The van der Waals surface area contributed by atoms with Crippen molar-refractivity contribution in [1.29, 1.82) is 0 Å². The molecule has 12 aliphatic rings. The summed E-state index contributed by atoms with van der Waals surface area (Å²) in [6, 6.07) is 0. The molecule has 0 aromatic heterocycles. The molecule has 12 aliphatic carbocycles. The summed E-state index contributed by atoms with van der Waals surface area (Å²) in [7, 11) is 2.59. The third kappa shape index (κ3) is 34.9. The lowest BCUT2D eigenvalue weighted by Gasteiger charge is -2.46. The number of allylic oxidation sites excluding steroid dienone is 1. The van der Waals surface area contributed by atoms with Gasteiger partial charge in [-0.25, -0.2) is 0 Å². The maximum atomic E-state index is 12.4. The van der Waals surface area contributed by atoms with E-state index in [4.69, 9.17) is 92.0 Å². The number of fused-ring (bicyclic) bond motifs is 6. The number of methoxy groups -OCH3 is 2. The second-order valence-corrected chi connectivity index (χ2v) is 49.9. The number of ether oxygens (including phenoxy) is 9. The van der Waals surface area contributed by atoms with Crippen LogP contribution in [0.25, 0.3) is 0 Å². The summed E-state index contributed by atoms with van der Waals surface area (Å²) >= 11 is 0. The van der Waals surface area contributed by atoms with Crippen molar-refractivity contribution in [2.45, 2.75) is 535 Å². The van der Waals surface area contributed by atoms with E-state index in [0.29, 0.717) is 102 Å². The van der Waals surface area contributed by atoms with Gasteiger partial charge < -0.3 is 73.3 Å². The van der Waals surface area contributed by atoms with E-state index in [1.54, 1.807) is 6.08 Å². The average molecular weight is 2110 g/mol. The summed E-state index contributed by atoms with van der Waals surface area (Å²) in [6.45, 7) is 1.87. The number of ketones is 1. The maximum Gasteiger partial charge on any atom is 0.303 e. The molecule has 0 radical (unpaired) electrons. The number of rotatable bonds is 38. The van der Waals surface area contributed by atoms with Gasteiger partial charge in [0, 0.05) is 116 Å². The van der Waals surface area contributed by atoms with E-state index < -0.39 is 196 Å². The van der Waals surface area contributed by atoms with Crippen molar-refractivity contribution in [3.8, 4) is 0 Å². The largest absolute Gasteiger partial charge is 0.460 e. The zero-order valence-electron chi connectivity index (χ0n) is 130. The van der Waals surface area contributed by atoms with Crippen molar-refractivity contribution < 1.29 is 151 Å². The lowest BCUT2D eigenvalue weighted by molar-refractivity contribution is -0.161. The molecule has 12 fully saturated rings. The highest BCUT2D eigenvalue weighted by Gasteiger charge is 2.59. The van der Waals surface area contributed by atoms with Crippen molar-refractivity contribution in [1.82, 2.24) is 0 Å². The van der Waals surface area contributed by atoms with Gasteiger partial charge in [-0.1, -0.05) is 193 Å². The minimum absolute atomic E-state index is 0.000820. The minimum atomic E-state index is -3.27. The quantitative estimate of drug-likeness (QED) is 0.0145. The molecule has 21 nitrogen and oxygen atoms in total. The molecule has 12 rings (SSSR count). The molecule has 0 spiro atoms. The van der Waals surface area contributed by atoms with E-state index in [2.05, 4.69) is 76.2 Å². The first-order chi connectivity index (χ1) is 83.0. The fraction of sp³-hybridized carbons (Fsp3) is 0.905. The van der Waals surface area contributed by atoms with Crippen LogP contribution >= 0.6 is 0 Å². The Balaban J connectivity index is 0.000000293. The van der Waals surface area contributed by atoms with E-state index in [1.807, 2.05) is 34.6 Å². The van der Waals surface area contributed by atoms with Crippen LogP contribution in [0.15, 0.2) is 36.5 Å². The summed E-state index contributed by atoms with van der Waals surface area (Å²) in [6.07, 6.45) is 32.1. The number of hydrogen-bond acceptors (Lipinski definition) is 21. The third-order valence-electron chi connectivity index (χ3n) is 39.7. The van der Waals surface area contributed by atoms with Crippen molar-refractivity contribution in [3.63, 3.8) is 0 Å². The Morgan fingerprint density at radius 1 is 0.367 bits per heavy atom. The molecule has 0 aromatic rings. The van der Waals surface area contributed by atoms with E-state index in [9.17, 15) is 59.4 Å². The Kier molecular flexibility index (Phi) is 31.6. The van der Waals surface area contributed by atoms with Crippen molar-refractivity contribution in [2.24, 2.45) is 163 Å². The van der Waals surface area contributed by atoms with Crippen molar-refractivity contribution in [2.75, 3.05) is 27.8 Å². The van der Waals surface area contributed by atoms with Crippen LogP contribution in [0.1, 0.15) is 508 Å². The molecule has 0 aromatic carbocycles. The second kappa shape index (κ2) is 55.2. The van der Waals surface area contributed by atoms with Gasteiger partial charge in [0.05, 0.1) is 45.8 Å². The fourth-order valence-corrected chi connectivity index (χ4v) is 32.4. The fourth-order valence-electron chi connectivity index (χ4n) is 32.4. The van der Waals surface area contributed by atoms with E-state index in [1.165, 1.54) is 97.2 Å². The van der Waals surface area contributed by atoms with Gasteiger partial charge in [-0.05, 0) is 412 Å². The Hall–Kier alpha value is -4.16. The van der Waals surface area contributed by atoms with Gasteiger partial charge in [0.15, 0.2) is 0 Å². The number of carbonyl (C=O) groups excluding carboxylic acids is 6. The Morgan fingerprint density at radius 3 is 1.06 bits per heavy atom. The first kappa shape index (κ1) is 84.1. The number of hydrogen-bond donors (Lipinski definition) is 6. The van der Waals surface area contributed by atoms with Gasteiger partial charge in [0.2, 0.25) is 0 Å². The SMILES string of the molecule is [2H]C([2H])([2H])C(/C=C/[C@H](O)[C@@H](C)[C@H]1CC[C@H]2[C@@H](C)CCC[C@]12C)(OCOC)C([2H])([2H])[2H].[2H]C([2H])([2H])C(/C=C/[C@H](OC(C)=O)[C@@H](C)[C@H]1CC[C@H]2[C@@H](C)CCC[C@]12C)(OCOC)C([2H])([2H])[2H].[2H]C([2H])([2H])C(O)([C@@H](/C=C/[C@@H](C)[C@H]1CC[C@H]2[C@@H](C)CCC[C@]12C)OC(C)=O)C([2H])([2H])[2H].[2H]C([2H])([2H])C(O)([C@@H](CC[C@@H](C)[C@H]1CC[C@H]2C(=O)CCC[C@]12C)OC(C)=O)C([2H])([2H])[2H].[2H]C([2H])([2H])C(O)([C@@H](CC[C@@H](C)[C@H]1CC[C@H]2[C@@H](C)CCC[C@]12C)OC(C)=O)C([2H])([2H])[2H].[2H]C([2H])([2H])C(O)([C@@H](CC[C@@H](C)[C@H]1CC[C@H]2[C@@H](O)CCC[C@]12C)OC(C)=O)C([2H])([2H])[2H]. The van der Waals surface area contributed by atoms with Gasteiger partial charge in [-0.3, -0.25) is 28.8 Å². The van der Waals surface area contributed by atoms with Gasteiger partial charge >= 0.3 is 29.8 Å². The number of aliphatic hydroxyl groups excluding tert-OH is 2. The van der Waals surface area contributed by atoms with Crippen LogP contribution < -0.4 is 0 Å². The molecule has 0 heterocycles. The van der Waals surface area contributed by atoms with Crippen LogP contribution in [0, 0.1) is 163 Å². The number of esters is 5. The minimum Gasteiger partial charge on any atom is -0.460 e. The molecule has 35 atom stereocenters. The maximum absolute atomic E-state index is 12.4. The molecule has 852 valence electrons. The molecule has 0 amide bonds. The van der Waals surface area contributed by atoms with Gasteiger partial charge in [-0.15, -0.1) is 0 Å². The van der Waals surface area contributed by atoms with Crippen LogP contribution in [-0.4, -0.2) is 170 Å². The molecule has 21 heteroatoms. The Bertz CT molecular complexity index is 5370. The Morgan fingerprint density at radius 2 is 0.687 bits per heavy atom. The van der Waals surface area contributed by atoms with Gasteiger partial charge in [0.25, 0.3) is 0 Å². The zero-order valence-corrected chi connectivity index (χ0v) is 93.9. The summed E-state index contributed by atoms with van der Waals surface area (Å²) < 4.78 is 324. The highest BCUT2D eigenvalue weighted by Crippen LogP contribution is 2.66. The number of carbonyl (C=O) groups is 6. The first-order valence-electron chi connectivity index (χ1n) is 74.0. The monoisotopic (exact) mass is 2110 g/mol. The average Bonchev–Trinajstić information content (AvgIpc) is 1.75. The van der Waals surface area contributed by atoms with Crippen molar-refractivity contribution in [3.05, 3.63) is 36.5 Å². The van der Waals surface area contributed by atoms with Crippen LogP contribution in [0.5, 0.6) is 0 Å². The summed E-state index contributed by atoms with van der Waals surface area (Å²) in [5.74, 6) is 4.16. The number of aliphatic hydroxyl groups is 6. The zero-order chi connectivity index (χ0) is 141. The molecule has 6 N–H and O–H groups in total. The van der Waals surface area contributed by atoms with E-state index >= 15 is 0 Å². The first-order valence-corrected chi connectivity index (χ1v) is 56.0. The molecule has 0 unspecified atom stereocenters. The van der Waals surface area contributed by atoms with Crippen LogP contribution in [-0.2, 0) is 71.4 Å². The Labute approximate surface area is 946 Å². The highest BCUT2D eigenvalue weighted by atomic mass is 16.7. The normalized spacial score (nSPS) is 39.9. The third-order valence-corrected chi connectivity index (χ3v) is 39.7. The highest BCUT2D eigenvalue weighted by molar-refractivity contribution is 5.83. The molecule has 0 saturated heterocycles. The molecule has 147 heavy (non-hydrogen) atoms. The topological polar surface area (TPSA) is 307 Å². The van der Waals surface area contributed by atoms with Crippen LogP contribution in [0.4, 0.5) is 0 Å².